The van der Waals surface area contributed by atoms with Gasteiger partial charge in [0.25, 0.3) is 70.9 Å². The van der Waals surface area contributed by atoms with E-state index < -0.39 is 23.3 Å². The number of carbonyl (C=O) groups is 12. The summed E-state index contributed by atoms with van der Waals surface area (Å²) in [6, 6.07) is 54.6. The lowest BCUT2D eigenvalue weighted by Crippen LogP contribution is -2.45. The summed E-state index contributed by atoms with van der Waals surface area (Å²) in [6.45, 7) is 26.0. The Bertz CT molecular complexity index is 5650. The normalized spacial score (nSPS) is 13.1. The van der Waals surface area contributed by atoms with Crippen molar-refractivity contribution in [2.24, 2.45) is 0 Å². The largest absolute Gasteiger partial charge is 0.457 e. The fourth-order valence-electron chi connectivity index (χ4n) is 13.8. The third-order valence-electron chi connectivity index (χ3n) is 20.7. The molecule has 21 heteroatoms. The number of hydrogen-bond acceptors (Lipinski definition) is 13. The number of amides is 12. The van der Waals surface area contributed by atoms with Crippen LogP contribution in [-0.2, 0) is 11.0 Å². The molecular weight excluding hydrogens is 1430 g/mol. The zero-order valence-electron chi connectivity index (χ0n) is 65.5. The smallest absolute Gasteiger partial charge is 0.266 e. The third-order valence-corrected chi connectivity index (χ3v) is 20.7. The van der Waals surface area contributed by atoms with Crippen molar-refractivity contribution >= 4 is 87.9 Å². The summed E-state index contributed by atoms with van der Waals surface area (Å²) in [6.07, 6.45) is 0. The predicted octanol–water partition coefficient (Wildman–Crippen LogP) is 16.0. The first kappa shape index (κ1) is 81.9. The number of imide groups is 4. The Balaban J connectivity index is 0.000000160. The van der Waals surface area contributed by atoms with Gasteiger partial charge in [-0.3, -0.25) is 62.4 Å². The van der Waals surface area contributed by atoms with E-state index in [9.17, 15) is 57.5 Å². The quantitative estimate of drug-likeness (QED) is 0.0829. The Morgan fingerprint density at radius 2 is 0.708 bits per heavy atom. The van der Waals surface area contributed by atoms with Gasteiger partial charge in [-0.25, -0.2) is 14.7 Å². The minimum atomic E-state index is -0.832. The Hall–Kier alpha value is -13.6. The fourth-order valence-corrected chi connectivity index (χ4v) is 13.8. The van der Waals surface area contributed by atoms with Gasteiger partial charge in [0.2, 0.25) is 0 Å². The van der Waals surface area contributed by atoms with Crippen molar-refractivity contribution in [3.05, 3.63) is 310 Å². The standard InChI is InChI=1S/C25H22N2O3.C23H18N2O4.C23H26N2O3.C20H20N2O3.CH4/c1-14-5-6-17(11-15(14)2)18-8-10-22(16(3)12-18)27-24(29)20-9-7-19(23(28)26-4)13-21(20)25(27)30;1-14-3-8-17(9-4-14)29-18-10-6-16(7-11-18)25-22(27)19-12-5-15(21(26)24-2)13-20(19)23(25)28;1-22(2,3)15-8-7-9-16(13-15)23(4,5)25-20(27)17-11-10-14(19(26)24-6)12-18(17)21(25)28;1-10-8-11(2)17(13(4)12(10)3)22-19(24)15-7-6-14(18(23)21-5)9-16(15)20(22)25;/h5-13H,1-4H3,(H,26,28);3-13H,1-2H3,(H,24,26);7-13H,1-6H3,(H,24,26);6-9H,1-5H3,(H,21,23);1H4. The molecule has 10 aromatic carbocycles. The number of fused-ring (bicyclic) bond motifs is 4. The van der Waals surface area contributed by atoms with Crippen LogP contribution >= 0.6 is 0 Å². The predicted molar refractivity (Wildman–Crippen MR) is 437 cm³/mol. The fraction of sp³-hybridized carbons (Fsp3) is 0.217. The zero-order valence-corrected chi connectivity index (χ0v) is 65.5. The summed E-state index contributed by atoms with van der Waals surface area (Å²) < 4.78 is 5.79. The van der Waals surface area contributed by atoms with E-state index in [0.29, 0.717) is 67.5 Å². The second-order valence-electron chi connectivity index (χ2n) is 29.3. The van der Waals surface area contributed by atoms with Gasteiger partial charge in [0.1, 0.15) is 11.5 Å². The molecule has 12 amide bonds. The molecule has 21 nitrogen and oxygen atoms in total. The van der Waals surface area contributed by atoms with Crippen LogP contribution in [0.5, 0.6) is 11.5 Å². The SMILES string of the molecule is C.CNC(=O)c1ccc2c(c1)C(=O)N(C(C)(C)c1cccc(C(C)(C)C)c1)C2=O.CNC(=O)c1ccc2c(c1)C(=O)N(c1c(C)cc(C)c(C)c1C)C2=O.CNC(=O)c1ccc2c(c1)C(=O)N(c1ccc(-c3ccc(C)c(C)c3)cc1C)C2=O.CNC(=O)c1ccc2c(c1)C(=O)N(c1ccc(Oc3ccc(C)cc3)cc1)C2=O. The van der Waals surface area contributed by atoms with E-state index in [1.54, 1.807) is 66.7 Å². The number of nitrogens with one attached hydrogen (secondary N) is 4. The molecule has 0 spiro atoms. The molecule has 0 aromatic heterocycles. The number of benzene rings is 10. The zero-order chi connectivity index (χ0) is 81.4. The number of carbonyl (C=O) groups excluding carboxylic acids is 12. The van der Waals surface area contributed by atoms with Crippen LogP contribution in [0.4, 0.5) is 17.1 Å². The van der Waals surface area contributed by atoms with Gasteiger partial charge in [-0.2, -0.15) is 0 Å². The van der Waals surface area contributed by atoms with Crippen molar-refractivity contribution in [1.82, 2.24) is 26.2 Å². The van der Waals surface area contributed by atoms with Gasteiger partial charge in [-0.1, -0.05) is 100 Å². The minimum Gasteiger partial charge on any atom is -0.457 e. The number of anilines is 3. The van der Waals surface area contributed by atoms with Crippen LogP contribution in [0.3, 0.4) is 0 Å². The maximum absolute atomic E-state index is 13.1. The van der Waals surface area contributed by atoms with E-state index in [0.717, 1.165) is 60.5 Å². The Morgan fingerprint density at radius 1 is 0.327 bits per heavy atom. The molecule has 14 rings (SSSR count). The molecule has 0 fully saturated rings. The summed E-state index contributed by atoms with van der Waals surface area (Å²) >= 11 is 0. The van der Waals surface area contributed by atoms with Gasteiger partial charge in [0.15, 0.2) is 0 Å². The highest BCUT2D eigenvalue weighted by atomic mass is 16.5. The molecule has 113 heavy (non-hydrogen) atoms. The molecule has 10 aromatic rings. The van der Waals surface area contributed by atoms with Crippen molar-refractivity contribution in [2.75, 3.05) is 42.9 Å². The molecular formula is C92H90N8O13. The van der Waals surface area contributed by atoms with E-state index in [-0.39, 0.29) is 93.8 Å². The van der Waals surface area contributed by atoms with Crippen LogP contribution in [0.15, 0.2) is 188 Å². The first-order chi connectivity index (χ1) is 53.0. The first-order valence-corrected chi connectivity index (χ1v) is 36.3. The molecule has 0 saturated carbocycles. The second kappa shape index (κ2) is 32.6. The summed E-state index contributed by atoms with van der Waals surface area (Å²) in [4.78, 5) is 156. The van der Waals surface area contributed by atoms with E-state index in [4.69, 9.17) is 4.74 Å². The highest BCUT2D eigenvalue weighted by Gasteiger charge is 2.46. The number of hydrogen-bond donors (Lipinski definition) is 4. The number of rotatable bonds is 12. The molecule has 0 bridgehead atoms. The Labute approximate surface area is 657 Å². The topological polar surface area (TPSA) is 275 Å². The van der Waals surface area contributed by atoms with Crippen LogP contribution in [0.25, 0.3) is 11.1 Å². The Morgan fingerprint density at radius 3 is 1.16 bits per heavy atom. The van der Waals surface area contributed by atoms with Crippen molar-refractivity contribution in [2.45, 2.75) is 108 Å². The van der Waals surface area contributed by atoms with Gasteiger partial charge in [-0.15, -0.1) is 0 Å². The summed E-state index contributed by atoms with van der Waals surface area (Å²) in [5.74, 6) is -3.02. The van der Waals surface area contributed by atoms with Gasteiger partial charge < -0.3 is 26.0 Å². The first-order valence-electron chi connectivity index (χ1n) is 36.3. The molecule has 0 unspecified atom stereocenters. The van der Waals surface area contributed by atoms with Crippen molar-refractivity contribution in [3.8, 4) is 22.6 Å². The third kappa shape index (κ3) is 15.8. The van der Waals surface area contributed by atoms with Gasteiger partial charge in [0.05, 0.1) is 67.1 Å². The highest BCUT2D eigenvalue weighted by Crippen LogP contribution is 2.41. The molecule has 4 aliphatic heterocycles. The summed E-state index contributed by atoms with van der Waals surface area (Å²) in [5.41, 5.74) is 16.9. The molecule has 4 aliphatic rings. The molecule has 4 N–H and O–H groups in total. The molecule has 4 heterocycles. The molecule has 0 radical (unpaired) electrons. The summed E-state index contributed by atoms with van der Waals surface area (Å²) in [7, 11) is 6.08. The van der Waals surface area contributed by atoms with Gasteiger partial charge in [-0.05, 0) is 257 Å². The summed E-state index contributed by atoms with van der Waals surface area (Å²) in [5, 5.41) is 10.1. The van der Waals surface area contributed by atoms with Crippen molar-refractivity contribution in [3.63, 3.8) is 0 Å². The minimum absolute atomic E-state index is 0. The van der Waals surface area contributed by atoms with E-state index in [1.165, 1.54) is 90.4 Å². The van der Waals surface area contributed by atoms with Crippen molar-refractivity contribution < 1.29 is 62.3 Å². The van der Waals surface area contributed by atoms with Crippen LogP contribution < -0.4 is 40.7 Å². The second-order valence-corrected chi connectivity index (χ2v) is 29.3. The van der Waals surface area contributed by atoms with Crippen LogP contribution in [-0.4, -0.2) is 104 Å². The van der Waals surface area contributed by atoms with Crippen LogP contribution in [0.1, 0.15) is 222 Å². The van der Waals surface area contributed by atoms with E-state index >= 15 is 0 Å². The van der Waals surface area contributed by atoms with Gasteiger partial charge >= 0.3 is 0 Å². The van der Waals surface area contributed by atoms with Crippen LogP contribution in [0, 0.1) is 55.4 Å². The lowest BCUT2D eigenvalue weighted by atomic mass is 9.83. The molecule has 0 saturated heterocycles. The average Bonchev–Trinajstić information content (AvgIpc) is 1.61. The van der Waals surface area contributed by atoms with Gasteiger partial charge in [0, 0.05) is 50.4 Å². The van der Waals surface area contributed by atoms with Crippen LogP contribution in [0.2, 0.25) is 0 Å². The molecule has 0 atom stereocenters. The number of ether oxygens (including phenoxy) is 1. The number of nitrogens with zero attached hydrogens (tertiary/aromatic N) is 4. The maximum Gasteiger partial charge on any atom is 0.266 e. The lowest BCUT2D eigenvalue weighted by molar-refractivity contribution is 0.0472. The molecule has 576 valence electrons. The van der Waals surface area contributed by atoms with E-state index in [1.807, 2.05) is 110 Å². The maximum atomic E-state index is 13.1. The molecule has 0 aliphatic carbocycles. The lowest BCUT2D eigenvalue weighted by Gasteiger charge is -2.35. The highest BCUT2D eigenvalue weighted by molar-refractivity contribution is 6.37. The average molecular weight is 1520 g/mol. The van der Waals surface area contributed by atoms with E-state index in [2.05, 4.69) is 86.2 Å². The Kier molecular flexibility index (Phi) is 23.6. The van der Waals surface area contributed by atoms with Crippen molar-refractivity contribution in [1.29, 1.82) is 0 Å². The number of aryl methyl sites for hydroxylation is 6. The monoisotopic (exact) mass is 1510 g/mol.